The summed E-state index contributed by atoms with van der Waals surface area (Å²) in [7, 11) is -2.06. The fourth-order valence-corrected chi connectivity index (χ4v) is 3.49. The third-order valence-corrected chi connectivity index (χ3v) is 4.84. The quantitative estimate of drug-likeness (QED) is 0.512. The van der Waals surface area contributed by atoms with Gasteiger partial charge in [0.25, 0.3) is 0 Å². The molecule has 7 heteroatoms. The highest BCUT2D eigenvalue weighted by Crippen LogP contribution is 2.47. The molecule has 1 aromatic rings. The highest BCUT2D eigenvalue weighted by molar-refractivity contribution is 7.54. The minimum Gasteiger partial charge on any atom is -0.465 e. The van der Waals surface area contributed by atoms with Crippen LogP contribution in [0.2, 0.25) is 0 Å². The summed E-state index contributed by atoms with van der Waals surface area (Å²) in [6.07, 6.45) is -0.154. The van der Waals surface area contributed by atoms with Gasteiger partial charge in [-0.2, -0.15) is 0 Å². The first kappa shape index (κ1) is 18.6. The van der Waals surface area contributed by atoms with Gasteiger partial charge < -0.3 is 13.8 Å². The first-order chi connectivity index (χ1) is 10.4. The summed E-state index contributed by atoms with van der Waals surface area (Å²) in [5, 5.41) is 0. The predicted molar refractivity (Wildman–Crippen MR) is 82.2 cm³/mol. The summed E-state index contributed by atoms with van der Waals surface area (Å²) >= 11 is 0. The van der Waals surface area contributed by atoms with Crippen LogP contribution in [0.1, 0.15) is 29.8 Å². The second-order valence-corrected chi connectivity index (χ2v) is 6.56. The molecule has 0 aliphatic rings. The SMILES string of the molecule is CCOP(=O)(CC(=O)Cc1ccc(C(=O)OC)cc1)OCC. The normalized spacial score (nSPS) is 11.2. The molecule has 0 aliphatic heterocycles. The van der Waals surface area contributed by atoms with Gasteiger partial charge in [0.2, 0.25) is 0 Å². The van der Waals surface area contributed by atoms with E-state index in [1.165, 1.54) is 7.11 Å². The number of hydrogen-bond donors (Lipinski definition) is 0. The summed E-state index contributed by atoms with van der Waals surface area (Å²) in [4.78, 5) is 23.3. The molecule has 6 nitrogen and oxygen atoms in total. The predicted octanol–water partition coefficient (Wildman–Crippen LogP) is 2.85. The van der Waals surface area contributed by atoms with Crippen LogP contribution in [0.5, 0.6) is 0 Å². The lowest BCUT2D eigenvalue weighted by Crippen LogP contribution is -2.12. The van der Waals surface area contributed by atoms with Gasteiger partial charge in [0.15, 0.2) is 0 Å². The van der Waals surface area contributed by atoms with E-state index in [0.29, 0.717) is 5.56 Å². The van der Waals surface area contributed by atoms with E-state index in [1.807, 2.05) is 0 Å². The minimum atomic E-state index is -3.37. The molecular weight excluding hydrogens is 307 g/mol. The molecule has 0 heterocycles. The van der Waals surface area contributed by atoms with Gasteiger partial charge in [0.1, 0.15) is 11.9 Å². The Morgan fingerprint density at radius 1 is 1.05 bits per heavy atom. The molecule has 0 unspecified atom stereocenters. The minimum absolute atomic E-state index is 0.103. The number of ether oxygens (including phenoxy) is 1. The van der Waals surface area contributed by atoms with Crippen molar-refractivity contribution in [1.29, 1.82) is 0 Å². The Morgan fingerprint density at radius 2 is 1.59 bits per heavy atom. The van der Waals surface area contributed by atoms with Crippen LogP contribution in [0.15, 0.2) is 24.3 Å². The number of carbonyl (C=O) groups excluding carboxylic acids is 2. The van der Waals surface area contributed by atoms with Gasteiger partial charge >= 0.3 is 13.6 Å². The Hall–Kier alpha value is -1.49. The van der Waals surface area contributed by atoms with E-state index in [0.717, 1.165) is 5.56 Å². The number of rotatable bonds is 9. The van der Waals surface area contributed by atoms with Crippen LogP contribution in [0, 0.1) is 0 Å². The molecule has 0 amide bonds. The molecule has 1 aromatic carbocycles. The largest absolute Gasteiger partial charge is 0.465 e. The van der Waals surface area contributed by atoms with Crippen molar-refractivity contribution in [2.24, 2.45) is 0 Å². The summed E-state index contributed by atoms with van der Waals surface area (Å²) < 4.78 is 27.1. The van der Waals surface area contributed by atoms with Gasteiger partial charge in [-0.25, -0.2) is 4.79 Å². The van der Waals surface area contributed by atoms with Crippen LogP contribution in [-0.4, -0.2) is 38.2 Å². The number of carbonyl (C=O) groups is 2. The zero-order valence-corrected chi connectivity index (χ0v) is 13.9. The van der Waals surface area contributed by atoms with Crippen LogP contribution in [0.4, 0.5) is 0 Å². The fourth-order valence-electron chi connectivity index (χ4n) is 1.90. The molecule has 0 N–H and O–H groups in total. The number of Topliss-reactive ketones (excluding diaryl/α,β-unsaturated/α-hetero) is 1. The molecule has 22 heavy (non-hydrogen) atoms. The van der Waals surface area contributed by atoms with Crippen molar-refractivity contribution in [3.63, 3.8) is 0 Å². The van der Waals surface area contributed by atoms with Gasteiger partial charge in [-0.1, -0.05) is 12.1 Å². The molecule has 0 saturated carbocycles. The molecule has 122 valence electrons. The average Bonchev–Trinajstić information content (AvgIpc) is 2.47. The van der Waals surface area contributed by atoms with Crippen molar-refractivity contribution in [3.8, 4) is 0 Å². The lowest BCUT2D eigenvalue weighted by molar-refractivity contribution is -0.116. The van der Waals surface area contributed by atoms with Crippen LogP contribution < -0.4 is 0 Å². The smallest absolute Gasteiger partial charge is 0.338 e. The van der Waals surface area contributed by atoms with Gasteiger partial charge in [0.05, 0.1) is 25.9 Å². The standard InChI is InChI=1S/C15H21O6P/c1-4-20-22(18,21-5-2)11-14(16)10-12-6-8-13(9-7-12)15(17)19-3/h6-9H,4-5,10-11H2,1-3H3. The summed E-state index contributed by atoms with van der Waals surface area (Å²) in [6, 6.07) is 6.49. The molecule has 0 bridgehead atoms. The maximum Gasteiger partial charge on any atom is 0.338 e. The Morgan fingerprint density at radius 3 is 2.05 bits per heavy atom. The zero-order valence-electron chi connectivity index (χ0n) is 13.0. The molecule has 0 aromatic heterocycles. The van der Waals surface area contributed by atoms with Crippen LogP contribution in [0.3, 0.4) is 0 Å². The summed E-state index contributed by atoms with van der Waals surface area (Å²) in [5.41, 5.74) is 1.13. The van der Waals surface area contributed by atoms with Crippen molar-refractivity contribution in [2.75, 3.05) is 26.5 Å². The molecule has 0 aliphatic carbocycles. The summed E-state index contributed by atoms with van der Waals surface area (Å²) in [5.74, 6) is -0.675. The highest BCUT2D eigenvalue weighted by Gasteiger charge is 2.27. The fraction of sp³-hybridized carbons (Fsp3) is 0.467. The Labute approximate surface area is 130 Å². The first-order valence-electron chi connectivity index (χ1n) is 7.01. The van der Waals surface area contributed by atoms with Gasteiger partial charge in [-0.05, 0) is 31.5 Å². The Kier molecular flexibility index (Phi) is 7.45. The average molecular weight is 328 g/mol. The summed E-state index contributed by atoms with van der Waals surface area (Å²) in [6.45, 7) is 3.83. The number of esters is 1. The topological polar surface area (TPSA) is 78.9 Å². The lowest BCUT2D eigenvalue weighted by Gasteiger charge is -2.16. The highest BCUT2D eigenvalue weighted by atomic mass is 31.2. The van der Waals surface area contributed by atoms with Crippen molar-refractivity contribution in [2.45, 2.75) is 20.3 Å². The van der Waals surface area contributed by atoms with Crippen LogP contribution in [-0.2, 0) is 29.6 Å². The molecular formula is C15H21O6P. The second kappa shape index (κ2) is 8.83. The maximum absolute atomic E-state index is 12.3. The van der Waals surface area contributed by atoms with E-state index in [-0.39, 0.29) is 31.6 Å². The monoisotopic (exact) mass is 328 g/mol. The first-order valence-corrected chi connectivity index (χ1v) is 8.74. The number of ketones is 1. The van der Waals surface area contributed by atoms with E-state index >= 15 is 0 Å². The Bertz CT molecular complexity index is 542. The molecule has 0 saturated heterocycles. The van der Waals surface area contributed by atoms with E-state index in [2.05, 4.69) is 4.74 Å². The van der Waals surface area contributed by atoms with Gasteiger partial charge in [-0.15, -0.1) is 0 Å². The number of methoxy groups -OCH3 is 1. The van der Waals surface area contributed by atoms with Crippen LogP contribution in [0.25, 0.3) is 0 Å². The molecule has 0 radical (unpaired) electrons. The Balaban J connectivity index is 2.68. The van der Waals surface area contributed by atoms with Gasteiger partial charge in [-0.3, -0.25) is 9.36 Å². The van der Waals surface area contributed by atoms with Crippen molar-refractivity contribution in [3.05, 3.63) is 35.4 Å². The molecule has 0 spiro atoms. The van der Waals surface area contributed by atoms with E-state index < -0.39 is 13.6 Å². The third kappa shape index (κ3) is 5.72. The van der Waals surface area contributed by atoms with E-state index in [9.17, 15) is 14.2 Å². The molecule has 0 fully saturated rings. The number of benzene rings is 1. The van der Waals surface area contributed by atoms with Crippen molar-refractivity contribution < 1.29 is 27.9 Å². The van der Waals surface area contributed by atoms with E-state index in [4.69, 9.17) is 9.05 Å². The van der Waals surface area contributed by atoms with Crippen molar-refractivity contribution in [1.82, 2.24) is 0 Å². The number of hydrogen-bond acceptors (Lipinski definition) is 6. The third-order valence-electron chi connectivity index (χ3n) is 2.80. The molecule has 1 rings (SSSR count). The van der Waals surface area contributed by atoms with Crippen LogP contribution >= 0.6 is 7.60 Å². The van der Waals surface area contributed by atoms with E-state index in [1.54, 1.807) is 38.1 Å². The second-order valence-electron chi connectivity index (χ2n) is 4.51. The van der Waals surface area contributed by atoms with Crippen molar-refractivity contribution >= 4 is 19.3 Å². The zero-order chi connectivity index (χ0) is 16.6. The van der Waals surface area contributed by atoms with Gasteiger partial charge in [0, 0.05) is 6.42 Å². The molecule has 0 atom stereocenters. The lowest BCUT2D eigenvalue weighted by atomic mass is 10.1. The maximum atomic E-state index is 12.3.